The van der Waals surface area contributed by atoms with Crippen molar-refractivity contribution in [2.75, 3.05) is 0 Å². The van der Waals surface area contributed by atoms with E-state index in [1.54, 1.807) is 0 Å². The summed E-state index contributed by atoms with van der Waals surface area (Å²) >= 11 is 0. The van der Waals surface area contributed by atoms with Crippen LogP contribution in [0.3, 0.4) is 0 Å². The van der Waals surface area contributed by atoms with Gasteiger partial charge in [-0.05, 0) is 24.1 Å². The first-order valence-electron chi connectivity index (χ1n) is 4.55. The molecule has 0 saturated heterocycles. The van der Waals surface area contributed by atoms with Crippen molar-refractivity contribution in [3.05, 3.63) is 35.4 Å². The lowest BCUT2D eigenvalue weighted by Gasteiger charge is -2.08. The average Bonchev–Trinajstić information content (AvgIpc) is 2.17. The van der Waals surface area contributed by atoms with Crippen LogP contribution in [0.5, 0.6) is 0 Å². The van der Waals surface area contributed by atoms with Crippen LogP contribution in [0.15, 0.2) is 24.3 Å². The molecule has 0 heterocycles. The zero-order valence-electron chi connectivity index (χ0n) is 8.31. The number of rotatable bonds is 2. The molecule has 0 aliphatic rings. The molecule has 0 saturated carbocycles. The SMILES string of the molecule is C#CC(C)Cc1ccc(C(F)(F)F)cc1. The quantitative estimate of drug-likeness (QED) is 0.658. The van der Waals surface area contributed by atoms with E-state index >= 15 is 0 Å². The third-order valence-electron chi connectivity index (χ3n) is 2.11. The summed E-state index contributed by atoms with van der Waals surface area (Å²) < 4.78 is 36.6. The summed E-state index contributed by atoms with van der Waals surface area (Å²) in [4.78, 5) is 0. The number of hydrogen-bond acceptors (Lipinski definition) is 0. The van der Waals surface area contributed by atoms with E-state index in [0.717, 1.165) is 17.7 Å². The Labute approximate surface area is 87.1 Å². The van der Waals surface area contributed by atoms with Gasteiger partial charge in [-0.1, -0.05) is 19.1 Å². The van der Waals surface area contributed by atoms with Gasteiger partial charge in [0.1, 0.15) is 0 Å². The van der Waals surface area contributed by atoms with Gasteiger partial charge in [0, 0.05) is 5.92 Å². The molecule has 0 fully saturated rings. The second kappa shape index (κ2) is 4.39. The second-order valence-corrected chi connectivity index (χ2v) is 3.47. The summed E-state index contributed by atoms with van der Waals surface area (Å²) in [5.41, 5.74) is 0.202. The lowest BCUT2D eigenvalue weighted by molar-refractivity contribution is -0.137. The van der Waals surface area contributed by atoms with E-state index in [-0.39, 0.29) is 5.92 Å². The van der Waals surface area contributed by atoms with Crippen molar-refractivity contribution in [3.8, 4) is 12.3 Å². The summed E-state index contributed by atoms with van der Waals surface area (Å²) in [5.74, 6) is 2.58. The Morgan fingerprint density at radius 2 is 1.80 bits per heavy atom. The average molecular weight is 212 g/mol. The van der Waals surface area contributed by atoms with Crippen LogP contribution in [0.25, 0.3) is 0 Å². The Balaban J connectivity index is 2.78. The molecule has 0 bridgehead atoms. The van der Waals surface area contributed by atoms with Crippen LogP contribution >= 0.6 is 0 Å². The van der Waals surface area contributed by atoms with Crippen molar-refractivity contribution in [2.24, 2.45) is 5.92 Å². The molecule has 0 amide bonds. The molecular weight excluding hydrogens is 201 g/mol. The van der Waals surface area contributed by atoms with E-state index in [1.807, 2.05) is 6.92 Å². The number of benzene rings is 1. The molecule has 0 aliphatic heterocycles. The van der Waals surface area contributed by atoms with Crippen LogP contribution in [0.2, 0.25) is 0 Å². The van der Waals surface area contributed by atoms with Crippen molar-refractivity contribution >= 4 is 0 Å². The standard InChI is InChI=1S/C12H11F3/c1-3-9(2)8-10-4-6-11(7-5-10)12(13,14)15/h1,4-7,9H,8H2,2H3. The maximum atomic E-state index is 12.2. The molecule has 0 aromatic heterocycles. The van der Waals surface area contributed by atoms with Crippen molar-refractivity contribution in [1.82, 2.24) is 0 Å². The summed E-state index contributed by atoms with van der Waals surface area (Å²) in [6, 6.07) is 5.10. The Morgan fingerprint density at radius 1 is 1.27 bits per heavy atom. The zero-order chi connectivity index (χ0) is 11.5. The van der Waals surface area contributed by atoms with Gasteiger partial charge in [-0.2, -0.15) is 13.2 Å². The maximum absolute atomic E-state index is 12.2. The van der Waals surface area contributed by atoms with Gasteiger partial charge in [-0.15, -0.1) is 12.3 Å². The van der Waals surface area contributed by atoms with Crippen molar-refractivity contribution < 1.29 is 13.2 Å². The topological polar surface area (TPSA) is 0 Å². The minimum absolute atomic E-state index is 0.0433. The van der Waals surface area contributed by atoms with Gasteiger partial charge in [0.25, 0.3) is 0 Å². The third kappa shape index (κ3) is 3.32. The molecule has 0 aliphatic carbocycles. The molecule has 1 aromatic rings. The molecule has 3 heteroatoms. The molecule has 0 radical (unpaired) electrons. The molecule has 0 nitrogen and oxygen atoms in total. The normalized spacial score (nSPS) is 13.3. The van der Waals surface area contributed by atoms with Gasteiger partial charge < -0.3 is 0 Å². The smallest absolute Gasteiger partial charge is 0.166 e. The highest BCUT2D eigenvalue weighted by Gasteiger charge is 2.29. The van der Waals surface area contributed by atoms with E-state index in [2.05, 4.69) is 5.92 Å². The fourth-order valence-electron chi connectivity index (χ4n) is 1.24. The van der Waals surface area contributed by atoms with Crippen LogP contribution < -0.4 is 0 Å². The van der Waals surface area contributed by atoms with Gasteiger partial charge in [0.2, 0.25) is 0 Å². The van der Waals surface area contributed by atoms with Gasteiger partial charge in [0.05, 0.1) is 5.56 Å². The Hall–Kier alpha value is -1.43. The number of halogens is 3. The molecule has 15 heavy (non-hydrogen) atoms. The second-order valence-electron chi connectivity index (χ2n) is 3.47. The largest absolute Gasteiger partial charge is 0.416 e. The molecule has 80 valence electrons. The maximum Gasteiger partial charge on any atom is 0.416 e. The Bertz CT molecular complexity index is 354. The van der Waals surface area contributed by atoms with Crippen LogP contribution in [0.1, 0.15) is 18.1 Å². The predicted octanol–water partition coefficient (Wildman–Crippen LogP) is 3.52. The van der Waals surface area contributed by atoms with E-state index < -0.39 is 11.7 Å². The first kappa shape index (κ1) is 11.6. The number of terminal acetylenes is 1. The van der Waals surface area contributed by atoms with Crippen molar-refractivity contribution in [3.63, 3.8) is 0 Å². The monoisotopic (exact) mass is 212 g/mol. The number of hydrogen-bond donors (Lipinski definition) is 0. The van der Waals surface area contributed by atoms with Gasteiger partial charge >= 0.3 is 6.18 Å². The van der Waals surface area contributed by atoms with Gasteiger partial charge in [-0.3, -0.25) is 0 Å². The molecule has 1 aromatic carbocycles. The molecular formula is C12H11F3. The summed E-state index contributed by atoms with van der Waals surface area (Å²) in [5, 5.41) is 0. The summed E-state index contributed by atoms with van der Waals surface area (Å²) in [6.45, 7) is 1.86. The van der Waals surface area contributed by atoms with E-state index in [9.17, 15) is 13.2 Å². The molecule has 1 unspecified atom stereocenters. The highest BCUT2D eigenvalue weighted by Crippen LogP contribution is 2.29. The van der Waals surface area contributed by atoms with E-state index in [4.69, 9.17) is 6.42 Å². The Morgan fingerprint density at radius 3 is 2.20 bits per heavy atom. The third-order valence-corrected chi connectivity index (χ3v) is 2.11. The van der Waals surface area contributed by atoms with Crippen LogP contribution in [-0.4, -0.2) is 0 Å². The first-order chi connectivity index (χ1) is 6.93. The zero-order valence-corrected chi connectivity index (χ0v) is 8.31. The number of alkyl halides is 3. The minimum Gasteiger partial charge on any atom is -0.166 e. The minimum atomic E-state index is -4.27. The Kier molecular flexibility index (Phi) is 3.41. The lowest BCUT2D eigenvalue weighted by atomic mass is 10.0. The molecule has 1 rings (SSSR count). The van der Waals surface area contributed by atoms with Crippen LogP contribution in [0, 0.1) is 18.3 Å². The van der Waals surface area contributed by atoms with Crippen molar-refractivity contribution in [2.45, 2.75) is 19.5 Å². The molecule has 0 N–H and O–H groups in total. The fraction of sp³-hybridized carbons (Fsp3) is 0.333. The lowest BCUT2D eigenvalue weighted by Crippen LogP contribution is -2.05. The molecule has 1 atom stereocenters. The highest BCUT2D eigenvalue weighted by atomic mass is 19.4. The van der Waals surface area contributed by atoms with E-state index in [1.165, 1.54) is 12.1 Å². The van der Waals surface area contributed by atoms with Crippen LogP contribution in [0.4, 0.5) is 13.2 Å². The summed E-state index contributed by atoms with van der Waals surface area (Å²) in [6.07, 6.45) is 1.53. The van der Waals surface area contributed by atoms with E-state index in [0.29, 0.717) is 6.42 Å². The predicted molar refractivity (Wildman–Crippen MR) is 53.1 cm³/mol. The van der Waals surface area contributed by atoms with Crippen LogP contribution in [-0.2, 0) is 12.6 Å². The summed E-state index contributed by atoms with van der Waals surface area (Å²) in [7, 11) is 0. The highest BCUT2D eigenvalue weighted by molar-refractivity contribution is 5.25. The first-order valence-corrected chi connectivity index (χ1v) is 4.55. The van der Waals surface area contributed by atoms with Gasteiger partial charge in [0.15, 0.2) is 0 Å². The fourth-order valence-corrected chi connectivity index (χ4v) is 1.24. The van der Waals surface area contributed by atoms with Gasteiger partial charge in [-0.25, -0.2) is 0 Å². The van der Waals surface area contributed by atoms with Crippen molar-refractivity contribution in [1.29, 1.82) is 0 Å². The molecule has 0 spiro atoms.